The quantitative estimate of drug-likeness (QED) is 0.436. The maximum Gasteiger partial charge on any atom is 0.417 e. The number of carbonyl (C=O) groups is 1. The van der Waals surface area contributed by atoms with E-state index in [-0.39, 0.29) is 23.1 Å². The lowest BCUT2D eigenvalue weighted by molar-refractivity contribution is -0.137. The van der Waals surface area contributed by atoms with Crippen LogP contribution in [0.25, 0.3) is 0 Å². The second-order valence-corrected chi connectivity index (χ2v) is 8.59. The summed E-state index contributed by atoms with van der Waals surface area (Å²) in [5.41, 5.74) is 2.44. The van der Waals surface area contributed by atoms with E-state index < -0.39 is 23.2 Å². The Morgan fingerprint density at radius 2 is 1.67 bits per heavy atom. The molecule has 0 aliphatic carbocycles. The molecule has 0 unspecified atom stereocenters. The molecule has 0 radical (unpaired) electrons. The summed E-state index contributed by atoms with van der Waals surface area (Å²) in [6.07, 6.45) is -2.08. The summed E-state index contributed by atoms with van der Waals surface area (Å²) in [4.78, 5) is 25.2. The fourth-order valence-corrected chi connectivity index (χ4v) is 3.23. The predicted molar refractivity (Wildman–Crippen MR) is 121 cm³/mol. The van der Waals surface area contributed by atoms with Crippen LogP contribution in [0.2, 0.25) is 0 Å². The first kappa shape index (κ1) is 24.0. The summed E-state index contributed by atoms with van der Waals surface area (Å²) in [7, 11) is 0. The summed E-state index contributed by atoms with van der Waals surface area (Å²) >= 11 is 0. The fourth-order valence-electron chi connectivity index (χ4n) is 3.23. The number of hydrogen-bond acceptors (Lipinski definition) is 3. The van der Waals surface area contributed by atoms with Crippen molar-refractivity contribution >= 4 is 12.1 Å². The highest BCUT2D eigenvalue weighted by Crippen LogP contribution is 2.31. The number of rotatable bonds is 5. The Hall–Kier alpha value is -3.68. The van der Waals surface area contributed by atoms with E-state index >= 15 is 0 Å². The number of aromatic nitrogens is 1. The van der Waals surface area contributed by atoms with Crippen LogP contribution in [0.3, 0.4) is 0 Å². The molecule has 172 valence electrons. The van der Waals surface area contributed by atoms with Crippen molar-refractivity contribution in [2.24, 2.45) is 5.10 Å². The van der Waals surface area contributed by atoms with E-state index in [2.05, 4.69) is 31.3 Å². The van der Waals surface area contributed by atoms with Crippen molar-refractivity contribution in [3.8, 4) is 0 Å². The Morgan fingerprint density at radius 1 is 1.00 bits per heavy atom. The van der Waals surface area contributed by atoms with E-state index in [1.54, 1.807) is 12.3 Å². The third-order valence-electron chi connectivity index (χ3n) is 5.07. The molecule has 3 aromatic rings. The van der Waals surface area contributed by atoms with Gasteiger partial charge in [-0.15, -0.1) is 0 Å². The van der Waals surface area contributed by atoms with Crippen molar-refractivity contribution < 1.29 is 18.0 Å². The number of hydrazone groups is 1. The zero-order valence-electron chi connectivity index (χ0n) is 18.5. The fraction of sp³-hybridized carbons (Fsp3) is 0.240. The van der Waals surface area contributed by atoms with E-state index in [0.29, 0.717) is 0 Å². The average Bonchev–Trinajstić information content (AvgIpc) is 2.74. The Morgan fingerprint density at radius 3 is 2.30 bits per heavy atom. The second kappa shape index (κ2) is 9.44. The Bertz CT molecular complexity index is 1220. The van der Waals surface area contributed by atoms with Gasteiger partial charge in [-0.2, -0.15) is 18.3 Å². The molecule has 0 saturated carbocycles. The molecule has 0 fully saturated rings. The van der Waals surface area contributed by atoms with Gasteiger partial charge >= 0.3 is 6.18 Å². The molecule has 1 aromatic heterocycles. The van der Waals surface area contributed by atoms with Crippen LogP contribution >= 0.6 is 0 Å². The van der Waals surface area contributed by atoms with E-state index in [1.165, 1.54) is 28.8 Å². The number of benzene rings is 2. The number of hydrogen-bond donors (Lipinski definition) is 1. The summed E-state index contributed by atoms with van der Waals surface area (Å²) in [6.45, 7) is 6.60. The lowest BCUT2D eigenvalue weighted by atomic mass is 9.87. The number of pyridine rings is 1. The molecule has 3 rings (SSSR count). The zero-order valence-corrected chi connectivity index (χ0v) is 18.5. The average molecular weight is 455 g/mol. The van der Waals surface area contributed by atoms with Crippen LogP contribution in [0.15, 0.2) is 76.8 Å². The van der Waals surface area contributed by atoms with Crippen LogP contribution in [0.4, 0.5) is 13.2 Å². The molecule has 1 N–H and O–H groups in total. The molecule has 0 aliphatic heterocycles. The molecule has 0 spiro atoms. The van der Waals surface area contributed by atoms with Crippen LogP contribution in [-0.2, 0) is 18.1 Å². The summed E-state index contributed by atoms with van der Waals surface area (Å²) < 4.78 is 40.6. The highest BCUT2D eigenvalue weighted by atomic mass is 19.4. The van der Waals surface area contributed by atoms with Gasteiger partial charge in [0.2, 0.25) is 0 Å². The van der Waals surface area contributed by atoms with Gasteiger partial charge in [-0.25, -0.2) is 5.43 Å². The van der Waals surface area contributed by atoms with Crippen molar-refractivity contribution in [3.63, 3.8) is 0 Å². The van der Waals surface area contributed by atoms with Gasteiger partial charge in [-0.1, -0.05) is 63.2 Å². The molecule has 33 heavy (non-hydrogen) atoms. The maximum absolute atomic E-state index is 13.1. The highest BCUT2D eigenvalue weighted by Gasteiger charge is 2.32. The summed E-state index contributed by atoms with van der Waals surface area (Å²) in [5.74, 6) is -0.807. The van der Waals surface area contributed by atoms with Gasteiger partial charge in [0.15, 0.2) is 0 Å². The molecule has 0 saturated heterocycles. The molecule has 1 heterocycles. The van der Waals surface area contributed by atoms with Gasteiger partial charge in [0.25, 0.3) is 11.5 Å². The molecule has 0 bridgehead atoms. The SMILES string of the molecule is CC(C)(C)c1ccc(Cn2cccc(C(=O)N/N=C\c3ccccc3C(F)(F)F)c2=O)cc1. The first-order valence-electron chi connectivity index (χ1n) is 10.3. The molecule has 8 heteroatoms. The van der Waals surface area contributed by atoms with Crippen molar-refractivity contribution in [1.29, 1.82) is 0 Å². The van der Waals surface area contributed by atoms with E-state index in [9.17, 15) is 22.8 Å². The summed E-state index contributed by atoms with van der Waals surface area (Å²) in [5, 5.41) is 3.61. The molecule has 2 aromatic carbocycles. The maximum atomic E-state index is 13.1. The molecular formula is C25H24F3N3O2. The monoisotopic (exact) mass is 455 g/mol. The minimum atomic E-state index is -4.55. The van der Waals surface area contributed by atoms with Crippen LogP contribution < -0.4 is 11.0 Å². The molecule has 5 nitrogen and oxygen atoms in total. The van der Waals surface area contributed by atoms with E-state index in [4.69, 9.17) is 0 Å². The topological polar surface area (TPSA) is 63.5 Å². The van der Waals surface area contributed by atoms with Crippen LogP contribution in [0, 0.1) is 0 Å². The third kappa shape index (κ3) is 5.97. The lowest BCUT2D eigenvalue weighted by Crippen LogP contribution is -2.31. The molecular weight excluding hydrogens is 431 g/mol. The largest absolute Gasteiger partial charge is 0.417 e. The van der Waals surface area contributed by atoms with Gasteiger partial charge in [-0.05, 0) is 34.7 Å². The molecule has 1 amide bonds. The second-order valence-electron chi connectivity index (χ2n) is 8.59. The minimum absolute atomic E-state index is 0.00844. The molecule has 0 aliphatic rings. The van der Waals surface area contributed by atoms with Crippen molar-refractivity contribution in [2.45, 2.75) is 38.9 Å². The zero-order chi connectivity index (χ0) is 24.2. The number of alkyl halides is 3. The highest BCUT2D eigenvalue weighted by molar-refractivity contribution is 5.94. The first-order valence-corrected chi connectivity index (χ1v) is 10.3. The lowest BCUT2D eigenvalue weighted by Gasteiger charge is -2.19. The number of amides is 1. The van der Waals surface area contributed by atoms with E-state index in [1.807, 2.05) is 24.3 Å². The molecule has 0 atom stereocenters. The van der Waals surface area contributed by atoms with Crippen molar-refractivity contribution in [1.82, 2.24) is 9.99 Å². The standard InChI is InChI=1S/C25H24F3N3O2/c1-24(2,3)19-12-10-17(11-13-19)16-31-14-6-8-20(23(31)33)22(32)30-29-15-18-7-4-5-9-21(18)25(26,27)28/h4-15H,16H2,1-3H3,(H,30,32)/b29-15-. The predicted octanol–water partition coefficient (Wildman–Crippen LogP) is 4.98. The van der Waals surface area contributed by atoms with Crippen LogP contribution in [-0.4, -0.2) is 16.7 Å². The number of nitrogens with one attached hydrogen (secondary N) is 1. The van der Waals surface area contributed by atoms with Gasteiger partial charge in [0.05, 0.1) is 18.3 Å². The van der Waals surface area contributed by atoms with Crippen LogP contribution in [0.5, 0.6) is 0 Å². The van der Waals surface area contributed by atoms with E-state index in [0.717, 1.165) is 23.4 Å². The first-order chi connectivity index (χ1) is 15.5. The van der Waals surface area contributed by atoms with Crippen molar-refractivity contribution in [2.75, 3.05) is 0 Å². The van der Waals surface area contributed by atoms with Gasteiger partial charge in [0.1, 0.15) is 5.56 Å². The smallest absolute Gasteiger partial charge is 0.310 e. The van der Waals surface area contributed by atoms with Gasteiger partial charge < -0.3 is 4.57 Å². The minimum Gasteiger partial charge on any atom is -0.310 e. The number of halogens is 3. The number of nitrogens with zero attached hydrogens (tertiary/aromatic N) is 2. The summed E-state index contributed by atoms with van der Waals surface area (Å²) in [6, 6.07) is 15.6. The van der Waals surface area contributed by atoms with Gasteiger partial charge in [0, 0.05) is 11.8 Å². The Balaban J connectivity index is 1.75. The third-order valence-corrected chi connectivity index (χ3v) is 5.07. The van der Waals surface area contributed by atoms with Crippen molar-refractivity contribution in [3.05, 3.63) is 105 Å². The Labute approximate surface area is 189 Å². The van der Waals surface area contributed by atoms with Gasteiger partial charge in [-0.3, -0.25) is 9.59 Å². The Kier molecular flexibility index (Phi) is 6.86. The number of carbonyl (C=O) groups excluding carboxylic acids is 1. The van der Waals surface area contributed by atoms with Crippen LogP contribution in [0.1, 0.15) is 53.4 Å². The normalized spacial score (nSPS) is 12.2.